The van der Waals surface area contributed by atoms with Crippen LogP contribution in [0.4, 0.5) is 0 Å². The number of aryl methyl sites for hydroxylation is 2. The van der Waals surface area contributed by atoms with Crippen LogP contribution in [-0.2, 0) is 12.3 Å². The molecule has 1 aromatic heterocycles. The normalized spacial score (nSPS) is 14.4. The molecule has 0 aliphatic heterocycles. The van der Waals surface area contributed by atoms with E-state index in [0.29, 0.717) is 5.92 Å². The number of hydrogen-bond acceptors (Lipinski definition) is 3. The van der Waals surface area contributed by atoms with E-state index in [0.717, 1.165) is 23.3 Å². The first-order valence-corrected chi connectivity index (χ1v) is 8.40. The van der Waals surface area contributed by atoms with Gasteiger partial charge in [0, 0.05) is 18.2 Å². The number of hydrogen-bond donors (Lipinski definition) is 0. The van der Waals surface area contributed by atoms with Crippen LogP contribution in [-0.4, -0.2) is 14.8 Å². The van der Waals surface area contributed by atoms with E-state index in [4.69, 9.17) is 0 Å². The van der Waals surface area contributed by atoms with E-state index in [2.05, 4.69) is 53.4 Å². The number of nitrogens with zero attached hydrogens (tertiary/aromatic N) is 3. The molecule has 3 nitrogen and oxygen atoms in total. The summed E-state index contributed by atoms with van der Waals surface area (Å²) < 4.78 is 2.22. The summed E-state index contributed by atoms with van der Waals surface area (Å²) in [6.45, 7) is 8.96. The third-order valence-electron chi connectivity index (χ3n) is 3.86. The van der Waals surface area contributed by atoms with Crippen LogP contribution < -0.4 is 0 Å². The van der Waals surface area contributed by atoms with Gasteiger partial charge in [-0.1, -0.05) is 41.6 Å². The largest absolute Gasteiger partial charge is 0.302 e. The van der Waals surface area contributed by atoms with Crippen LogP contribution in [0.3, 0.4) is 0 Å². The minimum Gasteiger partial charge on any atom is -0.302 e. The van der Waals surface area contributed by atoms with Gasteiger partial charge >= 0.3 is 0 Å². The van der Waals surface area contributed by atoms with Gasteiger partial charge in [0.15, 0.2) is 5.16 Å². The van der Waals surface area contributed by atoms with E-state index in [1.165, 1.54) is 29.5 Å². The first-order chi connectivity index (χ1) is 10.2. The highest BCUT2D eigenvalue weighted by molar-refractivity contribution is 7.98. The second-order valence-electron chi connectivity index (χ2n) is 5.73. The summed E-state index contributed by atoms with van der Waals surface area (Å²) in [4.78, 5) is 0. The molecule has 0 radical (unpaired) electrons. The lowest BCUT2D eigenvalue weighted by Crippen LogP contribution is -2.03. The van der Waals surface area contributed by atoms with Gasteiger partial charge in [0.05, 0.1) is 0 Å². The van der Waals surface area contributed by atoms with Crippen LogP contribution in [0.2, 0.25) is 0 Å². The Morgan fingerprint density at radius 1 is 1.33 bits per heavy atom. The molecule has 1 saturated carbocycles. The minimum atomic E-state index is 0.618. The number of aromatic nitrogens is 3. The van der Waals surface area contributed by atoms with Gasteiger partial charge < -0.3 is 4.57 Å². The van der Waals surface area contributed by atoms with E-state index < -0.39 is 0 Å². The van der Waals surface area contributed by atoms with Gasteiger partial charge in [0.25, 0.3) is 0 Å². The molecule has 0 saturated heterocycles. The Labute approximate surface area is 130 Å². The molecular formula is C17H21N3S. The standard InChI is InChI=1S/C17H21N3S/c1-4-9-20-16(14-7-8-14)18-19-17(20)21-11-15-10-12(2)5-6-13(15)3/h4-6,10,14H,1,7-9,11H2,2-3H3. The van der Waals surface area contributed by atoms with Crippen molar-refractivity contribution in [2.24, 2.45) is 0 Å². The van der Waals surface area contributed by atoms with Gasteiger partial charge in [-0.2, -0.15) is 0 Å². The second-order valence-corrected chi connectivity index (χ2v) is 6.68. The van der Waals surface area contributed by atoms with Crippen LogP contribution >= 0.6 is 11.8 Å². The average Bonchev–Trinajstić information content (AvgIpc) is 3.23. The average molecular weight is 299 g/mol. The Balaban J connectivity index is 1.78. The quantitative estimate of drug-likeness (QED) is 0.590. The van der Waals surface area contributed by atoms with Crippen LogP contribution in [0.1, 0.15) is 41.3 Å². The molecule has 21 heavy (non-hydrogen) atoms. The van der Waals surface area contributed by atoms with Gasteiger partial charge in [0.2, 0.25) is 0 Å². The topological polar surface area (TPSA) is 30.7 Å². The van der Waals surface area contributed by atoms with E-state index in [-0.39, 0.29) is 0 Å². The SMILES string of the molecule is C=CCn1c(SCc2cc(C)ccc2C)nnc1C1CC1. The monoisotopic (exact) mass is 299 g/mol. The van der Waals surface area contributed by atoms with Crippen molar-refractivity contribution in [3.63, 3.8) is 0 Å². The minimum absolute atomic E-state index is 0.618. The fourth-order valence-electron chi connectivity index (χ4n) is 2.45. The van der Waals surface area contributed by atoms with Crippen LogP contribution in [0.5, 0.6) is 0 Å². The lowest BCUT2D eigenvalue weighted by atomic mass is 10.1. The zero-order chi connectivity index (χ0) is 14.8. The van der Waals surface area contributed by atoms with E-state index in [1.54, 1.807) is 11.8 Å². The molecule has 4 heteroatoms. The van der Waals surface area contributed by atoms with E-state index in [1.807, 2.05) is 6.08 Å². The Morgan fingerprint density at radius 2 is 2.14 bits per heavy atom. The highest BCUT2D eigenvalue weighted by Gasteiger charge is 2.30. The Hall–Kier alpha value is -1.55. The number of benzene rings is 1. The molecule has 3 rings (SSSR count). The molecule has 0 spiro atoms. The molecule has 0 N–H and O–H groups in total. The van der Waals surface area contributed by atoms with E-state index in [9.17, 15) is 0 Å². The Morgan fingerprint density at radius 3 is 2.86 bits per heavy atom. The molecule has 0 atom stereocenters. The lowest BCUT2D eigenvalue weighted by Gasteiger charge is -2.09. The molecule has 1 aromatic carbocycles. The summed E-state index contributed by atoms with van der Waals surface area (Å²) in [5.41, 5.74) is 4.02. The molecular weight excluding hydrogens is 278 g/mol. The van der Waals surface area contributed by atoms with Crippen LogP contribution in [0.15, 0.2) is 36.0 Å². The maximum atomic E-state index is 4.39. The second kappa shape index (κ2) is 6.06. The maximum Gasteiger partial charge on any atom is 0.191 e. The van der Waals surface area contributed by atoms with Crippen molar-refractivity contribution in [1.29, 1.82) is 0 Å². The highest BCUT2D eigenvalue weighted by Crippen LogP contribution is 2.40. The smallest absolute Gasteiger partial charge is 0.191 e. The fraction of sp³-hybridized carbons (Fsp3) is 0.412. The Kier molecular flexibility index (Phi) is 4.15. The summed E-state index contributed by atoms with van der Waals surface area (Å²) in [5, 5.41) is 9.80. The first kappa shape index (κ1) is 14.4. The van der Waals surface area contributed by atoms with Gasteiger partial charge in [0.1, 0.15) is 5.82 Å². The summed E-state index contributed by atoms with van der Waals surface area (Å²) in [5.74, 6) is 2.69. The van der Waals surface area contributed by atoms with Gasteiger partial charge in [-0.25, -0.2) is 0 Å². The summed E-state index contributed by atoms with van der Waals surface area (Å²) in [7, 11) is 0. The molecule has 0 unspecified atom stereocenters. The third kappa shape index (κ3) is 3.21. The fourth-order valence-corrected chi connectivity index (χ4v) is 3.47. The van der Waals surface area contributed by atoms with Gasteiger partial charge in [-0.3, -0.25) is 0 Å². The van der Waals surface area contributed by atoms with Crippen molar-refractivity contribution in [1.82, 2.24) is 14.8 Å². The highest BCUT2D eigenvalue weighted by atomic mass is 32.2. The predicted molar refractivity (Wildman–Crippen MR) is 87.7 cm³/mol. The van der Waals surface area contributed by atoms with Gasteiger partial charge in [-0.15, -0.1) is 16.8 Å². The molecule has 0 amide bonds. The van der Waals surface area contributed by atoms with Crippen molar-refractivity contribution in [3.05, 3.63) is 53.4 Å². The predicted octanol–water partition coefficient (Wildman–Crippen LogP) is 4.25. The molecule has 1 aliphatic rings. The van der Waals surface area contributed by atoms with E-state index >= 15 is 0 Å². The molecule has 0 bridgehead atoms. The van der Waals surface area contributed by atoms with Crippen molar-refractivity contribution in [3.8, 4) is 0 Å². The maximum absolute atomic E-state index is 4.39. The van der Waals surface area contributed by atoms with Crippen molar-refractivity contribution >= 4 is 11.8 Å². The summed E-state index contributed by atoms with van der Waals surface area (Å²) >= 11 is 1.77. The van der Waals surface area contributed by atoms with Crippen molar-refractivity contribution in [2.75, 3.05) is 0 Å². The molecule has 110 valence electrons. The first-order valence-electron chi connectivity index (χ1n) is 7.42. The lowest BCUT2D eigenvalue weighted by molar-refractivity contribution is 0.681. The number of rotatable bonds is 6. The molecule has 1 aliphatic carbocycles. The molecule has 1 heterocycles. The van der Waals surface area contributed by atoms with Crippen molar-refractivity contribution < 1.29 is 0 Å². The van der Waals surface area contributed by atoms with Gasteiger partial charge in [-0.05, 0) is 37.8 Å². The number of allylic oxidation sites excluding steroid dienone is 1. The summed E-state index contributed by atoms with van der Waals surface area (Å²) in [6, 6.07) is 6.61. The zero-order valence-corrected chi connectivity index (χ0v) is 13.5. The molecule has 2 aromatic rings. The van der Waals surface area contributed by atoms with Crippen molar-refractivity contribution in [2.45, 2.75) is 50.1 Å². The third-order valence-corrected chi connectivity index (χ3v) is 4.88. The summed E-state index contributed by atoms with van der Waals surface area (Å²) in [6.07, 6.45) is 4.42. The number of thioether (sulfide) groups is 1. The zero-order valence-electron chi connectivity index (χ0n) is 12.7. The molecule has 1 fully saturated rings. The van der Waals surface area contributed by atoms with Crippen LogP contribution in [0, 0.1) is 13.8 Å². The Bertz CT molecular complexity index is 656. The van der Waals surface area contributed by atoms with Crippen LogP contribution in [0.25, 0.3) is 0 Å².